The molecule has 0 radical (unpaired) electrons. The first-order valence-electron chi connectivity index (χ1n) is 5.68. The van der Waals surface area contributed by atoms with Gasteiger partial charge >= 0.3 is 6.03 Å². The van der Waals surface area contributed by atoms with Crippen molar-refractivity contribution in [1.82, 2.24) is 5.32 Å². The fraction of sp³-hybridized carbons (Fsp3) is 0.0714. The summed E-state index contributed by atoms with van der Waals surface area (Å²) in [6.07, 6.45) is 0. The maximum atomic E-state index is 11.7. The number of nitrogens with one attached hydrogen (secondary N) is 2. The van der Waals surface area contributed by atoms with Crippen molar-refractivity contribution in [2.45, 2.75) is 6.54 Å². The lowest BCUT2D eigenvalue weighted by molar-refractivity contribution is 0.251. The molecule has 0 bridgehead atoms. The Morgan fingerprint density at radius 3 is 2.58 bits per heavy atom. The molecule has 0 spiro atoms. The molecular weight excluding hydrogens is 419 g/mol. The van der Waals surface area contributed by atoms with Crippen molar-refractivity contribution < 1.29 is 4.79 Å². The van der Waals surface area contributed by atoms with Gasteiger partial charge < -0.3 is 10.6 Å². The highest BCUT2D eigenvalue weighted by molar-refractivity contribution is 14.1. The predicted octanol–water partition coefficient (Wildman–Crippen LogP) is 4.38. The molecule has 0 aliphatic carbocycles. The zero-order valence-electron chi connectivity index (χ0n) is 9.99. The van der Waals surface area contributed by atoms with Gasteiger partial charge in [-0.3, -0.25) is 0 Å². The van der Waals surface area contributed by atoms with Gasteiger partial charge in [0.2, 0.25) is 0 Å². The Morgan fingerprint density at radius 2 is 1.89 bits per heavy atom. The maximum absolute atomic E-state index is 11.7. The molecule has 2 amide bonds. The molecule has 0 atom stereocenters. The van der Waals surface area contributed by atoms with Crippen LogP contribution >= 0.6 is 38.5 Å². The van der Waals surface area contributed by atoms with Crippen molar-refractivity contribution in [2.75, 3.05) is 5.32 Å². The van der Waals surface area contributed by atoms with Gasteiger partial charge in [0.1, 0.15) is 0 Å². The molecule has 0 fully saturated rings. The molecule has 19 heavy (non-hydrogen) atoms. The standard InChI is InChI=1S/C14H12BrIN2O/c15-11-3-1-2-10(8-11)9-17-14(19)18-13-6-4-12(16)5-7-13/h1-8H,9H2,(H2,17,18,19). The van der Waals surface area contributed by atoms with E-state index in [1.165, 1.54) is 0 Å². The number of carbonyl (C=O) groups is 1. The van der Waals surface area contributed by atoms with Crippen LogP contribution in [0, 0.1) is 3.57 Å². The second-order valence-electron chi connectivity index (χ2n) is 3.94. The van der Waals surface area contributed by atoms with Gasteiger partial charge in [0.15, 0.2) is 0 Å². The molecule has 3 nitrogen and oxygen atoms in total. The Morgan fingerprint density at radius 1 is 1.16 bits per heavy atom. The molecule has 0 heterocycles. The normalized spacial score (nSPS) is 10.0. The van der Waals surface area contributed by atoms with Gasteiger partial charge in [0.25, 0.3) is 0 Å². The van der Waals surface area contributed by atoms with Gasteiger partial charge in [0.05, 0.1) is 0 Å². The monoisotopic (exact) mass is 430 g/mol. The molecule has 98 valence electrons. The number of anilines is 1. The van der Waals surface area contributed by atoms with E-state index in [-0.39, 0.29) is 6.03 Å². The summed E-state index contributed by atoms with van der Waals surface area (Å²) in [4.78, 5) is 11.7. The number of hydrogen-bond acceptors (Lipinski definition) is 1. The largest absolute Gasteiger partial charge is 0.334 e. The Balaban J connectivity index is 1.86. The fourth-order valence-electron chi connectivity index (χ4n) is 1.54. The molecule has 0 saturated carbocycles. The predicted molar refractivity (Wildman–Crippen MR) is 89.2 cm³/mol. The lowest BCUT2D eigenvalue weighted by Crippen LogP contribution is -2.28. The second kappa shape index (κ2) is 6.91. The number of benzene rings is 2. The zero-order valence-corrected chi connectivity index (χ0v) is 13.7. The quantitative estimate of drug-likeness (QED) is 0.697. The third-order valence-corrected chi connectivity index (χ3v) is 3.66. The van der Waals surface area contributed by atoms with Gasteiger partial charge in [-0.1, -0.05) is 28.1 Å². The van der Waals surface area contributed by atoms with E-state index in [1.807, 2.05) is 48.5 Å². The summed E-state index contributed by atoms with van der Waals surface area (Å²) in [6.45, 7) is 0.496. The highest BCUT2D eigenvalue weighted by Crippen LogP contribution is 2.12. The first-order valence-corrected chi connectivity index (χ1v) is 7.55. The molecule has 2 N–H and O–H groups in total. The summed E-state index contributed by atoms with van der Waals surface area (Å²) in [7, 11) is 0. The molecule has 0 aromatic heterocycles. The van der Waals surface area contributed by atoms with Crippen LogP contribution in [0.5, 0.6) is 0 Å². The van der Waals surface area contributed by atoms with Crippen LogP contribution in [0.2, 0.25) is 0 Å². The van der Waals surface area contributed by atoms with Crippen LogP contribution in [0.3, 0.4) is 0 Å². The van der Waals surface area contributed by atoms with Crippen LogP contribution in [0.4, 0.5) is 10.5 Å². The molecule has 0 aliphatic heterocycles. The highest BCUT2D eigenvalue weighted by atomic mass is 127. The van der Waals surface area contributed by atoms with Gasteiger partial charge in [0, 0.05) is 20.3 Å². The summed E-state index contributed by atoms with van der Waals surface area (Å²) < 4.78 is 2.14. The van der Waals surface area contributed by atoms with Crippen molar-refractivity contribution >= 4 is 50.2 Å². The van der Waals surface area contributed by atoms with Crippen LogP contribution in [0.25, 0.3) is 0 Å². The van der Waals surface area contributed by atoms with E-state index >= 15 is 0 Å². The summed E-state index contributed by atoms with van der Waals surface area (Å²) >= 11 is 5.63. The third-order valence-electron chi connectivity index (χ3n) is 2.44. The number of carbonyl (C=O) groups excluding carboxylic acids is 1. The summed E-state index contributed by atoms with van der Waals surface area (Å²) in [5.74, 6) is 0. The van der Waals surface area contributed by atoms with Gasteiger partial charge in [-0.05, 0) is 64.6 Å². The average Bonchev–Trinajstić information content (AvgIpc) is 2.39. The van der Waals surface area contributed by atoms with Gasteiger partial charge in [-0.15, -0.1) is 0 Å². The average molecular weight is 431 g/mol. The molecule has 0 unspecified atom stereocenters. The SMILES string of the molecule is O=C(NCc1cccc(Br)c1)Nc1ccc(I)cc1. The lowest BCUT2D eigenvalue weighted by atomic mass is 10.2. The Bertz CT molecular complexity index is 572. The van der Waals surface area contributed by atoms with Crippen molar-refractivity contribution in [3.8, 4) is 0 Å². The van der Waals surface area contributed by atoms with Crippen molar-refractivity contribution in [2.24, 2.45) is 0 Å². The Kier molecular flexibility index (Phi) is 5.21. The summed E-state index contributed by atoms with van der Waals surface area (Å²) in [5, 5.41) is 5.61. The Labute approximate surface area is 134 Å². The minimum atomic E-state index is -0.207. The van der Waals surface area contributed by atoms with Crippen LogP contribution < -0.4 is 10.6 Å². The summed E-state index contributed by atoms with van der Waals surface area (Å²) in [6, 6.07) is 15.3. The number of hydrogen-bond donors (Lipinski definition) is 2. The van der Waals surface area contributed by atoms with E-state index < -0.39 is 0 Å². The molecule has 0 aliphatic rings. The number of halogens is 2. The van der Waals surface area contributed by atoms with Crippen molar-refractivity contribution in [3.63, 3.8) is 0 Å². The van der Waals surface area contributed by atoms with Crippen molar-refractivity contribution in [1.29, 1.82) is 0 Å². The number of amides is 2. The van der Waals surface area contributed by atoms with E-state index in [1.54, 1.807) is 0 Å². The Hall–Kier alpha value is -1.08. The number of rotatable bonds is 3. The van der Waals surface area contributed by atoms with Gasteiger partial charge in [-0.25, -0.2) is 4.79 Å². The van der Waals surface area contributed by atoms with E-state index in [0.29, 0.717) is 6.54 Å². The van der Waals surface area contributed by atoms with Crippen LogP contribution in [0.15, 0.2) is 53.0 Å². The third kappa shape index (κ3) is 4.83. The van der Waals surface area contributed by atoms with E-state index in [0.717, 1.165) is 19.3 Å². The van der Waals surface area contributed by atoms with E-state index in [4.69, 9.17) is 0 Å². The molecule has 2 aromatic carbocycles. The molecule has 2 rings (SSSR count). The zero-order chi connectivity index (χ0) is 13.7. The smallest absolute Gasteiger partial charge is 0.319 e. The molecule has 0 saturated heterocycles. The molecule has 2 aromatic rings. The van der Waals surface area contributed by atoms with E-state index in [9.17, 15) is 4.79 Å². The molecule has 5 heteroatoms. The van der Waals surface area contributed by atoms with Gasteiger partial charge in [-0.2, -0.15) is 0 Å². The number of urea groups is 1. The fourth-order valence-corrected chi connectivity index (χ4v) is 2.34. The first-order chi connectivity index (χ1) is 9.13. The van der Waals surface area contributed by atoms with E-state index in [2.05, 4.69) is 49.2 Å². The lowest BCUT2D eigenvalue weighted by Gasteiger charge is -2.08. The topological polar surface area (TPSA) is 41.1 Å². The maximum Gasteiger partial charge on any atom is 0.319 e. The summed E-state index contributed by atoms with van der Waals surface area (Å²) in [5.41, 5.74) is 1.83. The second-order valence-corrected chi connectivity index (χ2v) is 6.11. The van der Waals surface area contributed by atoms with Crippen LogP contribution in [0.1, 0.15) is 5.56 Å². The highest BCUT2D eigenvalue weighted by Gasteiger charge is 2.01. The first kappa shape index (κ1) is 14.3. The van der Waals surface area contributed by atoms with Crippen molar-refractivity contribution in [3.05, 3.63) is 62.1 Å². The minimum Gasteiger partial charge on any atom is -0.334 e. The minimum absolute atomic E-state index is 0.207. The van der Waals surface area contributed by atoms with Crippen LogP contribution in [-0.2, 0) is 6.54 Å². The van der Waals surface area contributed by atoms with Crippen LogP contribution in [-0.4, -0.2) is 6.03 Å². The molecular formula is C14H12BrIN2O.